The van der Waals surface area contributed by atoms with Crippen LogP contribution in [-0.2, 0) is 0 Å². The van der Waals surface area contributed by atoms with Crippen LogP contribution in [0.15, 0.2) is 66.7 Å². The van der Waals surface area contributed by atoms with Gasteiger partial charge in [-0.05, 0) is 67.8 Å². The number of anilines is 3. The van der Waals surface area contributed by atoms with E-state index in [4.69, 9.17) is 0 Å². The standard InChI is InChI=1S/C24H22N4O/c1-15-8-6-10-18(14-15)25-22-19-11-4-5-12-21(19)26-23(28-22)24(29)27-20-13-7-9-16(2)17(20)3/h4-14H,1-3H3,(H,27,29)(H,25,26,28). The number of amides is 1. The molecule has 3 aromatic carbocycles. The van der Waals surface area contributed by atoms with Crippen LogP contribution in [0.2, 0.25) is 0 Å². The van der Waals surface area contributed by atoms with Crippen LogP contribution in [0.25, 0.3) is 10.9 Å². The number of benzene rings is 3. The van der Waals surface area contributed by atoms with Crippen LogP contribution in [0.5, 0.6) is 0 Å². The molecule has 1 heterocycles. The van der Waals surface area contributed by atoms with Crippen LogP contribution >= 0.6 is 0 Å². The molecular weight excluding hydrogens is 360 g/mol. The largest absolute Gasteiger partial charge is 0.340 e. The molecule has 29 heavy (non-hydrogen) atoms. The molecule has 0 aliphatic carbocycles. The summed E-state index contributed by atoms with van der Waals surface area (Å²) >= 11 is 0. The fraction of sp³-hybridized carbons (Fsp3) is 0.125. The molecule has 0 saturated carbocycles. The smallest absolute Gasteiger partial charge is 0.293 e. The number of carbonyl (C=O) groups is 1. The van der Waals surface area contributed by atoms with E-state index < -0.39 is 0 Å². The molecular formula is C24H22N4O. The Morgan fingerprint density at radius 2 is 1.66 bits per heavy atom. The van der Waals surface area contributed by atoms with Crippen molar-refractivity contribution in [3.8, 4) is 0 Å². The molecule has 144 valence electrons. The minimum atomic E-state index is -0.336. The molecule has 2 N–H and O–H groups in total. The molecule has 0 spiro atoms. The minimum absolute atomic E-state index is 0.125. The first-order valence-electron chi connectivity index (χ1n) is 9.49. The van der Waals surface area contributed by atoms with Crippen LogP contribution in [-0.4, -0.2) is 15.9 Å². The number of rotatable bonds is 4. The molecule has 5 heteroatoms. The molecule has 0 saturated heterocycles. The second kappa shape index (κ2) is 7.72. The minimum Gasteiger partial charge on any atom is -0.340 e. The Balaban J connectivity index is 1.73. The second-order valence-corrected chi connectivity index (χ2v) is 7.11. The average Bonchev–Trinajstić information content (AvgIpc) is 2.71. The molecule has 0 unspecified atom stereocenters. The highest BCUT2D eigenvalue weighted by Crippen LogP contribution is 2.25. The number of aromatic nitrogens is 2. The predicted octanol–water partition coefficient (Wildman–Crippen LogP) is 5.55. The highest BCUT2D eigenvalue weighted by Gasteiger charge is 2.15. The first-order valence-corrected chi connectivity index (χ1v) is 9.49. The lowest BCUT2D eigenvalue weighted by Crippen LogP contribution is -2.17. The molecule has 0 fully saturated rings. The van der Waals surface area contributed by atoms with E-state index >= 15 is 0 Å². The van der Waals surface area contributed by atoms with Gasteiger partial charge < -0.3 is 10.6 Å². The highest BCUT2D eigenvalue weighted by molar-refractivity contribution is 6.04. The Morgan fingerprint density at radius 3 is 2.48 bits per heavy atom. The molecule has 4 aromatic rings. The maximum absolute atomic E-state index is 12.9. The van der Waals surface area contributed by atoms with Crippen LogP contribution in [0.4, 0.5) is 17.2 Å². The molecule has 4 rings (SSSR count). The summed E-state index contributed by atoms with van der Waals surface area (Å²) in [6, 6.07) is 21.5. The molecule has 0 aliphatic heterocycles. The maximum atomic E-state index is 12.9. The summed E-state index contributed by atoms with van der Waals surface area (Å²) < 4.78 is 0. The van der Waals surface area contributed by atoms with Gasteiger partial charge >= 0.3 is 0 Å². The monoisotopic (exact) mass is 382 g/mol. The van der Waals surface area contributed by atoms with Crippen LogP contribution < -0.4 is 10.6 Å². The normalized spacial score (nSPS) is 10.7. The number of aryl methyl sites for hydroxylation is 2. The molecule has 0 radical (unpaired) electrons. The number of hydrogen-bond donors (Lipinski definition) is 2. The lowest BCUT2D eigenvalue weighted by atomic mass is 10.1. The molecule has 0 bridgehead atoms. The number of nitrogens with zero attached hydrogens (tertiary/aromatic N) is 2. The van der Waals surface area contributed by atoms with E-state index in [0.29, 0.717) is 11.3 Å². The van der Waals surface area contributed by atoms with Crippen molar-refractivity contribution >= 4 is 34.0 Å². The van der Waals surface area contributed by atoms with Gasteiger partial charge in [0.25, 0.3) is 5.91 Å². The first-order chi connectivity index (χ1) is 14.0. The SMILES string of the molecule is Cc1cccc(Nc2nc(C(=O)Nc3cccc(C)c3C)nc3ccccc23)c1. The number of fused-ring (bicyclic) bond motifs is 1. The van der Waals surface area contributed by atoms with Gasteiger partial charge in [0.05, 0.1) is 5.52 Å². The average molecular weight is 382 g/mol. The van der Waals surface area contributed by atoms with Crippen molar-refractivity contribution in [3.05, 3.63) is 89.2 Å². The summed E-state index contributed by atoms with van der Waals surface area (Å²) in [6.07, 6.45) is 0. The fourth-order valence-electron chi connectivity index (χ4n) is 3.20. The third-order valence-corrected chi connectivity index (χ3v) is 4.94. The first kappa shape index (κ1) is 18.6. The zero-order valence-corrected chi connectivity index (χ0v) is 16.7. The third-order valence-electron chi connectivity index (χ3n) is 4.94. The van der Waals surface area contributed by atoms with E-state index in [1.807, 2.05) is 87.5 Å². The van der Waals surface area contributed by atoms with Gasteiger partial charge in [0.15, 0.2) is 0 Å². The topological polar surface area (TPSA) is 66.9 Å². The van der Waals surface area contributed by atoms with Gasteiger partial charge in [-0.2, -0.15) is 0 Å². The number of hydrogen-bond acceptors (Lipinski definition) is 4. The van der Waals surface area contributed by atoms with Crippen molar-refractivity contribution in [3.63, 3.8) is 0 Å². The molecule has 5 nitrogen and oxygen atoms in total. The summed E-state index contributed by atoms with van der Waals surface area (Å²) in [6.45, 7) is 6.03. The third kappa shape index (κ3) is 3.94. The Morgan fingerprint density at radius 1 is 0.862 bits per heavy atom. The van der Waals surface area contributed by atoms with Crippen molar-refractivity contribution in [2.45, 2.75) is 20.8 Å². The van der Waals surface area contributed by atoms with Gasteiger partial charge in [-0.3, -0.25) is 4.79 Å². The lowest BCUT2D eigenvalue weighted by molar-refractivity contribution is 0.101. The summed E-state index contributed by atoms with van der Waals surface area (Å²) in [5, 5.41) is 7.14. The van der Waals surface area contributed by atoms with Gasteiger partial charge in [-0.25, -0.2) is 9.97 Å². The summed E-state index contributed by atoms with van der Waals surface area (Å²) in [4.78, 5) is 21.9. The maximum Gasteiger partial charge on any atom is 0.293 e. The second-order valence-electron chi connectivity index (χ2n) is 7.11. The molecule has 1 aromatic heterocycles. The van der Waals surface area contributed by atoms with E-state index in [2.05, 4.69) is 20.6 Å². The summed E-state index contributed by atoms with van der Waals surface area (Å²) in [5.74, 6) is 0.392. The highest BCUT2D eigenvalue weighted by atomic mass is 16.2. The summed E-state index contributed by atoms with van der Waals surface area (Å²) in [7, 11) is 0. The van der Waals surface area contributed by atoms with Crippen molar-refractivity contribution in [1.29, 1.82) is 0 Å². The Hall–Kier alpha value is -3.73. The van der Waals surface area contributed by atoms with E-state index in [1.54, 1.807) is 0 Å². The van der Waals surface area contributed by atoms with E-state index in [1.165, 1.54) is 0 Å². The molecule has 0 atom stereocenters. The van der Waals surface area contributed by atoms with Gasteiger partial charge in [0, 0.05) is 16.8 Å². The quantitative estimate of drug-likeness (QED) is 0.485. The van der Waals surface area contributed by atoms with Gasteiger partial charge in [0.1, 0.15) is 5.82 Å². The number of para-hydroxylation sites is 1. The number of carbonyl (C=O) groups excluding carboxylic acids is 1. The fourth-order valence-corrected chi connectivity index (χ4v) is 3.20. The Kier molecular flexibility index (Phi) is 4.96. The van der Waals surface area contributed by atoms with Crippen molar-refractivity contribution in [1.82, 2.24) is 9.97 Å². The van der Waals surface area contributed by atoms with E-state index in [9.17, 15) is 4.79 Å². The van der Waals surface area contributed by atoms with Crippen LogP contribution in [0, 0.1) is 20.8 Å². The Labute approximate surface area is 169 Å². The zero-order chi connectivity index (χ0) is 20.4. The Bertz CT molecular complexity index is 1220. The molecule has 1 amide bonds. The number of nitrogens with one attached hydrogen (secondary N) is 2. The predicted molar refractivity (Wildman–Crippen MR) is 118 cm³/mol. The van der Waals surface area contributed by atoms with Crippen molar-refractivity contribution in [2.24, 2.45) is 0 Å². The summed E-state index contributed by atoms with van der Waals surface area (Å²) in [5.41, 5.74) is 5.67. The van der Waals surface area contributed by atoms with Crippen LogP contribution in [0.1, 0.15) is 27.3 Å². The zero-order valence-electron chi connectivity index (χ0n) is 16.7. The van der Waals surface area contributed by atoms with Gasteiger partial charge in [0.2, 0.25) is 5.82 Å². The lowest BCUT2D eigenvalue weighted by Gasteiger charge is -2.13. The van der Waals surface area contributed by atoms with E-state index in [-0.39, 0.29) is 11.7 Å². The van der Waals surface area contributed by atoms with Crippen LogP contribution in [0.3, 0.4) is 0 Å². The van der Waals surface area contributed by atoms with Crippen molar-refractivity contribution < 1.29 is 4.79 Å². The van der Waals surface area contributed by atoms with Gasteiger partial charge in [-0.15, -0.1) is 0 Å². The molecule has 0 aliphatic rings. The van der Waals surface area contributed by atoms with E-state index in [0.717, 1.165) is 33.5 Å². The van der Waals surface area contributed by atoms with Crippen molar-refractivity contribution in [2.75, 3.05) is 10.6 Å². The van der Waals surface area contributed by atoms with Gasteiger partial charge in [-0.1, -0.05) is 36.4 Å².